The zero-order valence-corrected chi connectivity index (χ0v) is 9.82. The Morgan fingerprint density at radius 2 is 1.94 bits per heavy atom. The quantitative estimate of drug-likeness (QED) is 0.768. The predicted molar refractivity (Wildman–Crippen MR) is 65.2 cm³/mol. The Balaban J connectivity index is 1.96. The molecule has 1 aromatic carbocycles. The minimum atomic E-state index is -0.310. The monoisotopic (exact) mass is 262 g/mol. The molecule has 0 aliphatic heterocycles. The van der Waals surface area contributed by atoms with E-state index < -0.39 is 0 Å². The first-order valence-corrected chi connectivity index (χ1v) is 5.91. The fourth-order valence-electron chi connectivity index (χ4n) is 1.43. The van der Waals surface area contributed by atoms with Gasteiger partial charge in [-0.15, -0.1) is 11.3 Å². The summed E-state index contributed by atoms with van der Waals surface area (Å²) in [6.45, 7) is 0. The summed E-state index contributed by atoms with van der Waals surface area (Å²) >= 11 is 1.30. The van der Waals surface area contributed by atoms with Crippen LogP contribution in [0.2, 0.25) is 0 Å². The lowest BCUT2D eigenvalue weighted by atomic mass is 10.2. The zero-order valence-electron chi connectivity index (χ0n) is 9.00. The molecule has 0 spiro atoms. The van der Waals surface area contributed by atoms with Crippen LogP contribution in [-0.2, 0) is 0 Å². The van der Waals surface area contributed by atoms with Gasteiger partial charge in [0.15, 0.2) is 5.13 Å². The molecule has 2 N–H and O–H groups in total. The standard InChI is InChI=1S/C11H7FN4OS/c12-7-3-1-6(2-4-7)9-15-10(17-16-9)8-5-18-11(13)14-8/h1-5H,(H2,13,14). The molecule has 90 valence electrons. The maximum Gasteiger partial charge on any atom is 0.277 e. The summed E-state index contributed by atoms with van der Waals surface area (Å²) in [5, 5.41) is 5.99. The van der Waals surface area contributed by atoms with Crippen molar-refractivity contribution < 1.29 is 8.91 Å². The number of nitrogen functional groups attached to an aromatic ring is 1. The summed E-state index contributed by atoms with van der Waals surface area (Å²) < 4.78 is 17.9. The normalized spacial score (nSPS) is 10.7. The average molecular weight is 262 g/mol. The molecule has 0 atom stereocenters. The topological polar surface area (TPSA) is 77.8 Å². The Hall–Kier alpha value is -2.28. The highest BCUT2D eigenvalue weighted by Gasteiger charge is 2.12. The van der Waals surface area contributed by atoms with Crippen molar-refractivity contribution in [1.82, 2.24) is 15.1 Å². The molecule has 0 saturated heterocycles. The van der Waals surface area contributed by atoms with E-state index in [1.54, 1.807) is 17.5 Å². The minimum Gasteiger partial charge on any atom is -0.375 e. The van der Waals surface area contributed by atoms with Gasteiger partial charge in [0.25, 0.3) is 5.89 Å². The van der Waals surface area contributed by atoms with Gasteiger partial charge < -0.3 is 10.3 Å². The molecule has 0 aliphatic rings. The summed E-state index contributed by atoms with van der Waals surface area (Å²) in [7, 11) is 0. The molecular weight excluding hydrogens is 255 g/mol. The third-order valence-electron chi connectivity index (χ3n) is 2.27. The molecule has 0 fully saturated rings. The van der Waals surface area contributed by atoms with Gasteiger partial charge in [-0.25, -0.2) is 9.37 Å². The van der Waals surface area contributed by atoms with Gasteiger partial charge in [-0.2, -0.15) is 4.98 Å². The van der Waals surface area contributed by atoms with E-state index in [0.29, 0.717) is 28.1 Å². The highest BCUT2D eigenvalue weighted by atomic mass is 32.1. The van der Waals surface area contributed by atoms with Crippen LogP contribution in [0.25, 0.3) is 23.0 Å². The van der Waals surface area contributed by atoms with Crippen molar-refractivity contribution >= 4 is 16.5 Å². The molecule has 0 saturated carbocycles. The Bertz CT molecular complexity index is 676. The number of thiazole rings is 1. The maximum atomic E-state index is 12.8. The number of hydrogen-bond donors (Lipinski definition) is 1. The van der Waals surface area contributed by atoms with Gasteiger partial charge in [0.2, 0.25) is 5.82 Å². The van der Waals surface area contributed by atoms with E-state index in [9.17, 15) is 4.39 Å². The van der Waals surface area contributed by atoms with Gasteiger partial charge in [-0.1, -0.05) is 5.16 Å². The molecule has 2 aromatic heterocycles. The Morgan fingerprint density at radius 1 is 1.17 bits per heavy atom. The van der Waals surface area contributed by atoms with Crippen molar-refractivity contribution in [1.29, 1.82) is 0 Å². The van der Waals surface area contributed by atoms with Gasteiger partial charge in [-0.3, -0.25) is 0 Å². The molecular formula is C11H7FN4OS. The van der Waals surface area contributed by atoms with E-state index in [2.05, 4.69) is 15.1 Å². The molecule has 5 nitrogen and oxygen atoms in total. The van der Waals surface area contributed by atoms with E-state index in [4.69, 9.17) is 10.3 Å². The molecule has 7 heteroatoms. The largest absolute Gasteiger partial charge is 0.375 e. The van der Waals surface area contributed by atoms with Crippen molar-refractivity contribution in [2.75, 3.05) is 5.73 Å². The Labute approximate surface area is 105 Å². The van der Waals surface area contributed by atoms with Crippen molar-refractivity contribution in [2.45, 2.75) is 0 Å². The predicted octanol–water partition coefficient (Wildman–Crippen LogP) is 2.58. The van der Waals surface area contributed by atoms with Gasteiger partial charge >= 0.3 is 0 Å². The third kappa shape index (κ3) is 1.95. The number of halogens is 1. The van der Waals surface area contributed by atoms with Crippen LogP contribution < -0.4 is 5.73 Å². The molecule has 2 heterocycles. The summed E-state index contributed by atoms with van der Waals surface area (Å²) in [4.78, 5) is 8.22. The number of nitrogens with two attached hydrogens (primary N) is 1. The van der Waals surface area contributed by atoms with Gasteiger partial charge in [0.05, 0.1) is 0 Å². The highest BCUT2D eigenvalue weighted by Crippen LogP contribution is 2.24. The maximum absolute atomic E-state index is 12.8. The third-order valence-corrected chi connectivity index (χ3v) is 2.94. The molecule has 0 unspecified atom stereocenters. The number of anilines is 1. The molecule has 0 bridgehead atoms. The molecule has 18 heavy (non-hydrogen) atoms. The van der Waals surface area contributed by atoms with Crippen LogP contribution >= 0.6 is 11.3 Å². The number of rotatable bonds is 2. The van der Waals surface area contributed by atoms with E-state index in [1.807, 2.05) is 0 Å². The van der Waals surface area contributed by atoms with Crippen LogP contribution in [0.5, 0.6) is 0 Å². The number of aromatic nitrogens is 3. The second-order valence-corrected chi connectivity index (χ2v) is 4.39. The van der Waals surface area contributed by atoms with Crippen molar-refractivity contribution in [2.24, 2.45) is 0 Å². The van der Waals surface area contributed by atoms with Crippen molar-refractivity contribution in [3.63, 3.8) is 0 Å². The number of hydrogen-bond acceptors (Lipinski definition) is 6. The molecule has 0 aliphatic carbocycles. The van der Waals surface area contributed by atoms with Crippen LogP contribution in [0, 0.1) is 5.82 Å². The van der Waals surface area contributed by atoms with Crippen LogP contribution in [-0.4, -0.2) is 15.1 Å². The Morgan fingerprint density at radius 3 is 2.61 bits per heavy atom. The summed E-state index contributed by atoms with van der Waals surface area (Å²) in [6, 6.07) is 5.84. The molecule has 0 radical (unpaired) electrons. The van der Waals surface area contributed by atoms with Crippen LogP contribution in [0.15, 0.2) is 34.2 Å². The van der Waals surface area contributed by atoms with E-state index in [1.165, 1.54) is 23.5 Å². The smallest absolute Gasteiger partial charge is 0.277 e. The fraction of sp³-hybridized carbons (Fsp3) is 0. The van der Waals surface area contributed by atoms with E-state index in [-0.39, 0.29) is 5.82 Å². The summed E-state index contributed by atoms with van der Waals surface area (Å²) in [5.74, 6) is 0.369. The second kappa shape index (κ2) is 4.19. The molecule has 0 amide bonds. The lowest BCUT2D eigenvalue weighted by molar-refractivity contribution is 0.431. The van der Waals surface area contributed by atoms with Crippen molar-refractivity contribution in [3.05, 3.63) is 35.5 Å². The Kier molecular flexibility index (Phi) is 2.52. The van der Waals surface area contributed by atoms with Gasteiger partial charge in [0, 0.05) is 10.9 Å². The van der Waals surface area contributed by atoms with Gasteiger partial charge in [-0.05, 0) is 24.3 Å². The highest BCUT2D eigenvalue weighted by molar-refractivity contribution is 7.13. The lowest BCUT2D eigenvalue weighted by Crippen LogP contribution is -1.84. The first kappa shape index (κ1) is 10.8. The minimum absolute atomic E-state index is 0.294. The second-order valence-electron chi connectivity index (χ2n) is 3.50. The van der Waals surface area contributed by atoms with E-state index in [0.717, 1.165) is 0 Å². The van der Waals surface area contributed by atoms with E-state index >= 15 is 0 Å². The van der Waals surface area contributed by atoms with Crippen LogP contribution in [0.1, 0.15) is 0 Å². The number of benzene rings is 1. The summed E-state index contributed by atoms with van der Waals surface area (Å²) in [6.07, 6.45) is 0. The average Bonchev–Trinajstić information content (AvgIpc) is 2.98. The first-order chi connectivity index (χ1) is 8.72. The van der Waals surface area contributed by atoms with Gasteiger partial charge in [0.1, 0.15) is 11.5 Å². The molecule has 3 aromatic rings. The zero-order chi connectivity index (χ0) is 12.5. The lowest BCUT2D eigenvalue weighted by Gasteiger charge is -1.92. The van der Waals surface area contributed by atoms with Crippen LogP contribution in [0.4, 0.5) is 9.52 Å². The first-order valence-electron chi connectivity index (χ1n) is 5.03. The fourth-order valence-corrected chi connectivity index (χ4v) is 1.97. The molecule has 3 rings (SSSR count). The van der Waals surface area contributed by atoms with Crippen LogP contribution in [0.3, 0.4) is 0 Å². The number of nitrogens with zero attached hydrogens (tertiary/aromatic N) is 3. The SMILES string of the molecule is Nc1nc(-c2nc(-c3ccc(F)cc3)no2)cs1. The van der Waals surface area contributed by atoms with Crippen molar-refractivity contribution in [3.8, 4) is 23.0 Å². The summed E-state index contributed by atoms with van der Waals surface area (Å²) in [5.41, 5.74) is 6.74.